The van der Waals surface area contributed by atoms with Crippen molar-refractivity contribution in [3.05, 3.63) is 18.2 Å². The number of nitrogens with zero attached hydrogens (tertiary/aromatic N) is 2. The molecule has 90 valence electrons. The van der Waals surface area contributed by atoms with Crippen molar-refractivity contribution in [2.75, 3.05) is 7.11 Å². The highest BCUT2D eigenvalue weighted by atomic mass is 19.3. The second-order valence-corrected chi connectivity index (χ2v) is 3.15. The van der Waals surface area contributed by atoms with Crippen molar-refractivity contribution < 1.29 is 18.3 Å². The van der Waals surface area contributed by atoms with E-state index in [1.807, 2.05) is 0 Å². The van der Waals surface area contributed by atoms with Crippen molar-refractivity contribution >= 4 is 5.97 Å². The van der Waals surface area contributed by atoms with Crippen molar-refractivity contribution in [1.29, 1.82) is 0 Å². The number of esters is 1. The molecule has 5 nitrogen and oxygen atoms in total. The molecule has 0 saturated carbocycles. The predicted molar refractivity (Wildman–Crippen MR) is 51.8 cm³/mol. The fourth-order valence-electron chi connectivity index (χ4n) is 1.16. The molecule has 0 amide bonds. The second kappa shape index (κ2) is 5.55. The Labute approximate surface area is 91.4 Å². The van der Waals surface area contributed by atoms with Crippen molar-refractivity contribution in [2.24, 2.45) is 0 Å². The Morgan fingerprint density at radius 3 is 2.94 bits per heavy atom. The van der Waals surface area contributed by atoms with Crippen LogP contribution < -0.4 is 5.32 Å². The third-order valence-corrected chi connectivity index (χ3v) is 2.08. The first kappa shape index (κ1) is 12.6. The van der Waals surface area contributed by atoms with Gasteiger partial charge >= 0.3 is 12.5 Å². The van der Waals surface area contributed by atoms with Crippen molar-refractivity contribution in [1.82, 2.24) is 14.9 Å². The van der Waals surface area contributed by atoms with E-state index < -0.39 is 18.6 Å². The van der Waals surface area contributed by atoms with Gasteiger partial charge in [-0.1, -0.05) is 0 Å². The zero-order valence-electron chi connectivity index (χ0n) is 8.98. The van der Waals surface area contributed by atoms with Gasteiger partial charge in [-0.3, -0.25) is 14.7 Å². The number of imidazole rings is 1. The quantitative estimate of drug-likeness (QED) is 0.769. The van der Waals surface area contributed by atoms with Crippen LogP contribution in [0.5, 0.6) is 0 Å². The highest BCUT2D eigenvalue weighted by Crippen LogP contribution is 2.12. The fraction of sp³-hybridized carbons (Fsp3) is 0.556. The van der Waals surface area contributed by atoms with E-state index in [1.165, 1.54) is 19.5 Å². The van der Waals surface area contributed by atoms with Gasteiger partial charge in [-0.25, -0.2) is 4.98 Å². The Hall–Kier alpha value is -1.50. The molecule has 0 spiro atoms. The first-order valence-electron chi connectivity index (χ1n) is 4.67. The molecule has 0 aliphatic rings. The van der Waals surface area contributed by atoms with Gasteiger partial charge < -0.3 is 4.74 Å². The standard InChI is InChI=1S/C9H13F2N3O2/c1-6(8(15)16-2)13-5-7-12-3-4-14(7)9(10)11/h3-4,6,9,13H,5H2,1-2H3. The van der Waals surface area contributed by atoms with E-state index in [1.54, 1.807) is 6.92 Å². The van der Waals surface area contributed by atoms with Gasteiger partial charge in [0.05, 0.1) is 13.7 Å². The first-order valence-corrected chi connectivity index (χ1v) is 4.67. The number of carbonyl (C=O) groups excluding carboxylic acids is 1. The molecule has 0 aromatic carbocycles. The number of aromatic nitrogens is 2. The minimum Gasteiger partial charge on any atom is -0.468 e. The van der Waals surface area contributed by atoms with Gasteiger partial charge in [-0.05, 0) is 6.92 Å². The Balaban J connectivity index is 2.54. The predicted octanol–water partition coefficient (Wildman–Crippen LogP) is 0.929. The van der Waals surface area contributed by atoms with Gasteiger partial charge in [0.1, 0.15) is 11.9 Å². The summed E-state index contributed by atoms with van der Waals surface area (Å²) in [5.74, 6) is -0.277. The molecule has 0 aliphatic heterocycles. The van der Waals surface area contributed by atoms with E-state index in [0.29, 0.717) is 0 Å². The SMILES string of the molecule is COC(=O)C(C)NCc1nccn1C(F)F. The second-order valence-electron chi connectivity index (χ2n) is 3.15. The molecule has 1 unspecified atom stereocenters. The Kier molecular flexibility index (Phi) is 4.36. The zero-order chi connectivity index (χ0) is 12.1. The van der Waals surface area contributed by atoms with Crippen LogP contribution in [-0.2, 0) is 16.1 Å². The molecule has 0 aliphatic carbocycles. The number of rotatable bonds is 5. The van der Waals surface area contributed by atoms with Gasteiger partial charge in [0.25, 0.3) is 0 Å². The summed E-state index contributed by atoms with van der Waals surface area (Å²) < 4.78 is 30.0. The zero-order valence-corrected chi connectivity index (χ0v) is 8.98. The fourth-order valence-corrected chi connectivity index (χ4v) is 1.16. The number of nitrogens with one attached hydrogen (secondary N) is 1. The summed E-state index contributed by atoms with van der Waals surface area (Å²) in [6, 6.07) is -0.562. The number of ether oxygens (including phenoxy) is 1. The number of hydrogen-bond acceptors (Lipinski definition) is 4. The van der Waals surface area contributed by atoms with Crippen LogP contribution in [-0.4, -0.2) is 28.7 Å². The molecule has 1 rings (SSSR count). The summed E-state index contributed by atoms with van der Waals surface area (Å²) in [5.41, 5.74) is 0. The monoisotopic (exact) mass is 233 g/mol. The molecule has 0 bridgehead atoms. The van der Waals surface area contributed by atoms with Crippen LogP contribution in [0.3, 0.4) is 0 Å². The number of carbonyl (C=O) groups is 1. The summed E-state index contributed by atoms with van der Waals surface area (Å²) in [6.45, 7) is -0.970. The number of hydrogen-bond donors (Lipinski definition) is 1. The molecule has 1 aromatic heterocycles. The van der Waals surface area contributed by atoms with Gasteiger partial charge in [0.15, 0.2) is 0 Å². The molecule has 1 atom stereocenters. The molecule has 0 fully saturated rings. The summed E-state index contributed by atoms with van der Waals surface area (Å²) in [4.78, 5) is 14.8. The van der Waals surface area contributed by atoms with E-state index >= 15 is 0 Å². The maximum Gasteiger partial charge on any atom is 0.322 e. The third kappa shape index (κ3) is 2.99. The summed E-state index contributed by atoms with van der Waals surface area (Å²) in [6.07, 6.45) is 2.47. The molecule has 7 heteroatoms. The first-order chi connectivity index (χ1) is 7.56. The van der Waals surface area contributed by atoms with E-state index in [0.717, 1.165) is 4.57 Å². The van der Waals surface area contributed by atoms with Gasteiger partial charge in [0.2, 0.25) is 0 Å². The molecule has 1 aromatic rings. The molecule has 1 N–H and O–H groups in total. The Morgan fingerprint density at radius 2 is 2.38 bits per heavy atom. The molecule has 16 heavy (non-hydrogen) atoms. The number of halogens is 2. The average Bonchev–Trinajstić information content (AvgIpc) is 2.72. The smallest absolute Gasteiger partial charge is 0.322 e. The van der Waals surface area contributed by atoms with Gasteiger partial charge in [-0.2, -0.15) is 8.78 Å². The number of methoxy groups -OCH3 is 1. The normalized spacial score (nSPS) is 12.8. The lowest BCUT2D eigenvalue weighted by molar-refractivity contribution is -0.142. The maximum atomic E-state index is 12.4. The lowest BCUT2D eigenvalue weighted by atomic mass is 10.3. The highest BCUT2D eigenvalue weighted by Gasteiger charge is 2.15. The van der Waals surface area contributed by atoms with Crippen LogP contribution in [0.1, 0.15) is 19.3 Å². The number of alkyl halides is 2. The van der Waals surface area contributed by atoms with Crippen LogP contribution in [0.2, 0.25) is 0 Å². The minimum absolute atomic E-state index is 0.0770. The van der Waals surface area contributed by atoms with Crippen LogP contribution in [0.4, 0.5) is 8.78 Å². The summed E-state index contributed by atoms with van der Waals surface area (Å²) >= 11 is 0. The molecule has 0 radical (unpaired) electrons. The molecule has 1 heterocycles. The van der Waals surface area contributed by atoms with Crippen LogP contribution in [0.15, 0.2) is 12.4 Å². The summed E-state index contributed by atoms with van der Waals surface area (Å²) in [5, 5.41) is 2.74. The Bertz CT molecular complexity index is 354. The van der Waals surface area contributed by atoms with E-state index in [2.05, 4.69) is 15.0 Å². The van der Waals surface area contributed by atoms with Gasteiger partial charge in [0, 0.05) is 12.4 Å². The highest BCUT2D eigenvalue weighted by molar-refractivity contribution is 5.74. The third-order valence-electron chi connectivity index (χ3n) is 2.08. The lowest BCUT2D eigenvalue weighted by Gasteiger charge is -2.12. The minimum atomic E-state index is -2.63. The summed E-state index contributed by atoms with van der Waals surface area (Å²) in [7, 11) is 1.26. The van der Waals surface area contributed by atoms with Crippen LogP contribution >= 0.6 is 0 Å². The van der Waals surface area contributed by atoms with Crippen LogP contribution in [0, 0.1) is 0 Å². The maximum absolute atomic E-state index is 12.4. The van der Waals surface area contributed by atoms with E-state index in [-0.39, 0.29) is 12.4 Å². The molecule has 0 saturated heterocycles. The van der Waals surface area contributed by atoms with E-state index in [4.69, 9.17) is 0 Å². The topological polar surface area (TPSA) is 56.1 Å². The lowest BCUT2D eigenvalue weighted by Crippen LogP contribution is -2.35. The molecular formula is C9H13F2N3O2. The average molecular weight is 233 g/mol. The van der Waals surface area contributed by atoms with Gasteiger partial charge in [-0.15, -0.1) is 0 Å². The van der Waals surface area contributed by atoms with Crippen molar-refractivity contribution in [3.63, 3.8) is 0 Å². The largest absolute Gasteiger partial charge is 0.468 e. The van der Waals surface area contributed by atoms with E-state index in [9.17, 15) is 13.6 Å². The van der Waals surface area contributed by atoms with Crippen molar-refractivity contribution in [2.45, 2.75) is 26.1 Å². The van der Waals surface area contributed by atoms with Crippen LogP contribution in [0.25, 0.3) is 0 Å². The van der Waals surface area contributed by atoms with Crippen molar-refractivity contribution in [3.8, 4) is 0 Å². The Morgan fingerprint density at radius 1 is 1.69 bits per heavy atom. The molecular weight excluding hydrogens is 220 g/mol.